The fraction of sp³-hybridized carbons (Fsp3) is 0.500. The zero-order valence-electron chi connectivity index (χ0n) is 7.92. The van der Waals surface area contributed by atoms with E-state index in [4.69, 9.17) is 0 Å². The van der Waals surface area contributed by atoms with Gasteiger partial charge in [-0.1, -0.05) is 13.8 Å². The maximum Gasteiger partial charge on any atom is 0.168 e. The van der Waals surface area contributed by atoms with Crippen LogP contribution in [0.1, 0.15) is 31.7 Å². The summed E-state index contributed by atoms with van der Waals surface area (Å²) in [6, 6.07) is 4.38. The summed E-state index contributed by atoms with van der Waals surface area (Å²) >= 11 is 0. The number of aromatic nitrogens is 1. The maximum absolute atomic E-state index is 2.26. The molecule has 0 aliphatic rings. The van der Waals surface area contributed by atoms with Crippen molar-refractivity contribution in [2.75, 3.05) is 0 Å². The highest BCUT2D eigenvalue weighted by molar-refractivity contribution is 5.12. The average molecular weight is 230 g/mol. The van der Waals surface area contributed by atoms with E-state index < -0.39 is 0 Å². The van der Waals surface area contributed by atoms with Crippen molar-refractivity contribution >= 4 is 0 Å². The molecule has 1 aromatic rings. The van der Waals surface area contributed by atoms with Gasteiger partial charge in [-0.15, -0.1) is 0 Å². The number of pyridine rings is 1. The van der Waals surface area contributed by atoms with Gasteiger partial charge in [0.05, 0.1) is 0 Å². The molecule has 1 atom stereocenters. The first-order valence-electron chi connectivity index (χ1n) is 4.19. The molecule has 2 heteroatoms. The number of nitrogens with zero attached hydrogens (tertiary/aromatic N) is 1. The quantitative estimate of drug-likeness (QED) is 0.575. The highest BCUT2D eigenvalue weighted by Gasteiger charge is 2.02. The van der Waals surface area contributed by atoms with Gasteiger partial charge in [-0.3, -0.25) is 0 Å². The number of aryl methyl sites for hydroxylation is 1. The molecule has 0 fully saturated rings. The van der Waals surface area contributed by atoms with Crippen LogP contribution in [0.15, 0.2) is 24.5 Å². The topological polar surface area (TPSA) is 3.88 Å². The Morgan fingerprint density at radius 1 is 1.33 bits per heavy atom. The Kier molecular flexibility index (Phi) is 5.14. The fourth-order valence-electron chi connectivity index (χ4n) is 1.08. The Bertz CT molecular complexity index is 218. The Labute approximate surface area is 85.2 Å². The third-order valence-electron chi connectivity index (χ3n) is 2.19. The number of hydrogen-bond acceptors (Lipinski definition) is 0. The van der Waals surface area contributed by atoms with Crippen molar-refractivity contribution in [2.24, 2.45) is 7.05 Å². The highest BCUT2D eigenvalue weighted by Crippen LogP contribution is 2.15. The Morgan fingerprint density at radius 2 is 1.83 bits per heavy atom. The number of halogens is 1. The molecule has 0 saturated heterocycles. The molecule has 68 valence electrons. The summed E-state index contributed by atoms with van der Waals surface area (Å²) in [6.07, 6.45) is 5.41. The lowest BCUT2D eigenvalue weighted by Gasteiger charge is -2.05. The molecule has 0 aliphatic heterocycles. The van der Waals surface area contributed by atoms with Crippen LogP contribution in [0.5, 0.6) is 0 Å². The highest BCUT2D eigenvalue weighted by atomic mass is 79.9. The molecule has 0 radical (unpaired) electrons. The molecular weight excluding hydrogens is 214 g/mol. The molecule has 1 nitrogen and oxygen atoms in total. The van der Waals surface area contributed by atoms with Gasteiger partial charge >= 0.3 is 0 Å². The second-order valence-electron chi connectivity index (χ2n) is 3.11. The molecule has 1 rings (SSSR count). The minimum atomic E-state index is 0. The fourth-order valence-corrected chi connectivity index (χ4v) is 1.08. The predicted molar refractivity (Wildman–Crippen MR) is 46.3 cm³/mol. The second-order valence-corrected chi connectivity index (χ2v) is 3.11. The first-order chi connectivity index (χ1) is 5.24. The molecule has 0 aromatic carbocycles. The molecule has 0 spiro atoms. The van der Waals surface area contributed by atoms with Crippen LogP contribution in [0.4, 0.5) is 0 Å². The predicted octanol–water partition coefficient (Wildman–Crippen LogP) is -0.971. The minimum absolute atomic E-state index is 0. The van der Waals surface area contributed by atoms with Gasteiger partial charge in [0.2, 0.25) is 0 Å². The molecule has 1 heterocycles. The van der Waals surface area contributed by atoms with E-state index >= 15 is 0 Å². The SMILES string of the molecule is CCC(C)c1cc[n+](C)cc1.[Br-]. The van der Waals surface area contributed by atoms with E-state index in [1.54, 1.807) is 0 Å². The monoisotopic (exact) mass is 229 g/mol. The van der Waals surface area contributed by atoms with E-state index in [2.05, 4.69) is 42.9 Å². The van der Waals surface area contributed by atoms with Crippen molar-refractivity contribution in [3.63, 3.8) is 0 Å². The third-order valence-corrected chi connectivity index (χ3v) is 2.19. The van der Waals surface area contributed by atoms with Crippen LogP contribution < -0.4 is 21.5 Å². The van der Waals surface area contributed by atoms with Crippen molar-refractivity contribution < 1.29 is 21.5 Å². The van der Waals surface area contributed by atoms with Crippen molar-refractivity contribution in [3.8, 4) is 0 Å². The molecule has 1 unspecified atom stereocenters. The Balaban J connectivity index is 0.00000121. The van der Waals surface area contributed by atoms with Gasteiger partial charge in [0.1, 0.15) is 7.05 Å². The third kappa shape index (κ3) is 2.94. The molecule has 0 aliphatic carbocycles. The lowest BCUT2D eigenvalue weighted by atomic mass is 10.0. The zero-order chi connectivity index (χ0) is 8.27. The molecule has 0 bridgehead atoms. The first-order valence-corrected chi connectivity index (χ1v) is 4.19. The van der Waals surface area contributed by atoms with E-state index in [9.17, 15) is 0 Å². The molecule has 0 N–H and O–H groups in total. The van der Waals surface area contributed by atoms with Gasteiger partial charge in [-0.25, -0.2) is 4.57 Å². The van der Waals surface area contributed by atoms with E-state index in [1.165, 1.54) is 12.0 Å². The van der Waals surface area contributed by atoms with Crippen molar-refractivity contribution in [2.45, 2.75) is 26.2 Å². The summed E-state index contributed by atoms with van der Waals surface area (Å²) < 4.78 is 2.06. The van der Waals surface area contributed by atoms with Gasteiger partial charge in [0, 0.05) is 12.1 Å². The lowest BCUT2D eigenvalue weighted by Crippen LogP contribution is -3.00. The van der Waals surface area contributed by atoms with Crippen LogP contribution in [-0.2, 0) is 7.05 Å². The maximum atomic E-state index is 2.26. The largest absolute Gasteiger partial charge is 1.00 e. The van der Waals surface area contributed by atoms with E-state index in [0.29, 0.717) is 5.92 Å². The smallest absolute Gasteiger partial charge is 0.168 e. The standard InChI is InChI=1S/C10H16N.BrH/c1-4-9(2)10-5-7-11(3)8-6-10;/h5-9H,4H2,1-3H3;1H/q+1;/p-1. The molecular formula is C10H16BrN. The van der Waals surface area contributed by atoms with Crippen LogP contribution in [0, 0.1) is 0 Å². The summed E-state index contributed by atoms with van der Waals surface area (Å²) in [5.74, 6) is 0.691. The van der Waals surface area contributed by atoms with E-state index in [1.807, 2.05) is 7.05 Å². The van der Waals surface area contributed by atoms with Gasteiger partial charge in [-0.2, -0.15) is 0 Å². The van der Waals surface area contributed by atoms with Crippen molar-refractivity contribution in [1.82, 2.24) is 0 Å². The van der Waals surface area contributed by atoms with Crippen LogP contribution in [0.3, 0.4) is 0 Å². The average Bonchev–Trinajstić information content (AvgIpc) is 2.05. The minimum Gasteiger partial charge on any atom is -1.00 e. The number of rotatable bonds is 2. The van der Waals surface area contributed by atoms with Crippen LogP contribution in [-0.4, -0.2) is 0 Å². The van der Waals surface area contributed by atoms with Gasteiger partial charge in [0.25, 0.3) is 0 Å². The van der Waals surface area contributed by atoms with Crippen molar-refractivity contribution in [3.05, 3.63) is 30.1 Å². The van der Waals surface area contributed by atoms with E-state index in [0.717, 1.165) is 0 Å². The van der Waals surface area contributed by atoms with Gasteiger partial charge in [0.15, 0.2) is 12.4 Å². The van der Waals surface area contributed by atoms with Crippen LogP contribution in [0.25, 0.3) is 0 Å². The van der Waals surface area contributed by atoms with Gasteiger partial charge < -0.3 is 17.0 Å². The Hall–Kier alpha value is -0.370. The lowest BCUT2D eigenvalue weighted by molar-refractivity contribution is -0.671. The number of hydrogen-bond donors (Lipinski definition) is 0. The normalized spacial score (nSPS) is 11.9. The summed E-state index contributed by atoms with van der Waals surface area (Å²) in [7, 11) is 2.04. The Morgan fingerprint density at radius 3 is 2.25 bits per heavy atom. The zero-order valence-corrected chi connectivity index (χ0v) is 9.51. The molecule has 1 aromatic heterocycles. The molecule has 0 amide bonds. The van der Waals surface area contributed by atoms with Crippen molar-refractivity contribution in [1.29, 1.82) is 0 Å². The summed E-state index contributed by atoms with van der Waals surface area (Å²) in [4.78, 5) is 0. The summed E-state index contributed by atoms with van der Waals surface area (Å²) in [5.41, 5.74) is 1.44. The first kappa shape index (κ1) is 11.6. The second kappa shape index (κ2) is 5.31. The molecule has 0 saturated carbocycles. The van der Waals surface area contributed by atoms with Gasteiger partial charge in [-0.05, 0) is 17.9 Å². The van der Waals surface area contributed by atoms with E-state index in [-0.39, 0.29) is 17.0 Å². The van der Waals surface area contributed by atoms with Crippen LogP contribution >= 0.6 is 0 Å². The summed E-state index contributed by atoms with van der Waals surface area (Å²) in [5, 5.41) is 0. The summed E-state index contributed by atoms with van der Waals surface area (Å²) in [6.45, 7) is 4.48. The van der Waals surface area contributed by atoms with Crippen LogP contribution in [0.2, 0.25) is 0 Å². The molecule has 12 heavy (non-hydrogen) atoms.